The van der Waals surface area contributed by atoms with Crippen molar-refractivity contribution in [2.45, 2.75) is 55.8 Å². The second-order valence-corrected chi connectivity index (χ2v) is 7.11. The summed E-state index contributed by atoms with van der Waals surface area (Å²) in [5, 5.41) is 20.8. The van der Waals surface area contributed by atoms with Gasteiger partial charge in [0.05, 0.1) is 45.4 Å². The van der Waals surface area contributed by atoms with E-state index in [9.17, 15) is 43.0 Å². The van der Waals surface area contributed by atoms with Gasteiger partial charge in [0.1, 0.15) is 0 Å². The molecule has 10 nitrogen and oxygen atoms in total. The molecule has 1 aliphatic rings. The van der Waals surface area contributed by atoms with Gasteiger partial charge in [0.2, 0.25) is 0 Å². The Balaban J connectivity index is -0.000000604. The largest absolute Gasteiger partial charge is 0.372 e. The van der Waals surface area contributed by atoms with Gasteiger partial charge in [-0.3, -0.25) is 29.8 Å². The van der Waals surface area contributed by atoms with E-state index in [0.717, 1.165) is 12.1 Å². The summed E-state index contributed by atoms with van der Waals surface area (Å²) in [4.78, 5) is 42.1. The lowest BCUT2D eigenvalue weighted by molar-refractivity contribution is -0.385. The fraction of sp³-hybridized carbons (Fsp3) is 0.417. The lowest BCUT2D eigenvalue weighted by Crippen LogP contribution is -2.46. The number of morpholine rings is 1. The molecular formula is C24H34F3N3O7. The van der Waals surface area contributed by atoms with Crippen molar-refractivity contribution in [1.82, 2.24) is 0 Å². The monoisotopic (exact) mass is 533 g/mol. The minimum Gasteiger partial charge on any atom is -0.372 e. The molecule has 1 heterocycles. The molecule has 3 rings (SSSR count). The normalized spacial score (nSPS) is 15.6. The van der Waals surface area contributed by atoms with E-state index in [1.807, 2.05) is 13.8 Å². The first-order valence-electron chi connectivity index (χ1n) is 9.40. The van der Waals surface area contributed by atoms with Crippen LogP contribution in [0, 0.1) is 37.7 Å². The zero-order valence-corrected chi connectivity index (χ0v) is 17.4. The Labute approximate surface area is 214 Å². The number of carbonyl (C=O) groups is 2. The summed E-state index contributed by atoms with van der Waals surface area (Å²) in [6.07, 6.45) is 0.252. The smallest absolute Gasteiger partial charge is 0.273 e. The molecule has 1 aliphatic heterocycles. The highest BCUT2D eigenvalue weighted by Crippen LogP contribution is 2.30. The van der Waals surface area contributed by atoms with Gasteiger partial charge in [0.15, 0.2) is 30.0 Å². The summed E-state index contributed by atoms with van der Waals surface area (Å²) in [6, 6.07) is 3.02. The molecule has 37 heavy (non-hydrogen) atoms. The van der Waals surface area contributed by atoms with Crippen LogP contribution in [0.1, 0.15) is 64.3 Å². The van der Waals surface area contributed by atoms with Crippen molar-refractivity contribution in [2.24, 2.45) is 0 Å². The van der Waals surface area contributed by atoms with Crippen LogP contribution in [-0.2, 0) is 4.74 Å². The third-order valence-electron chi connectivity index (χ3n) is 4.53. The quantitative estimate of drug-likeness (QED) is 0.245. The lowest BCUT2D eigenvalue weighted by atomic mass is 10.1. The fourth-order valence-electron chi connectivity index (χ4n) is 3.28. The Bertz CT molecular complexity index is 1090. The van der Waals surface area contributed by atoms with Crippen molar-refractivity contribution in [1.29, 1.82) is 0 Å². The van der Waals surface area contributed by atoms with Gasteiger partial charge in [-0.1, -0.05) is 29.7 Å². The van der Waals surface area contributed by atoms with Crippen molar-refractivity contribution in [3.63, 3.8) is 0 Å². The van der Waals surface area contributed by atoms with Gasteiger partial charge in [-0.25, -0.2) is 13.2 Å². The summed E-state index contributed by atoms with van der Waals surface area (Å²) in [6.45, 7) is 4.57. The van der Waals surface area contributed by atoms with E-state index >= 15 is 0 Å². The molecule has 0 bridgehead atoms. The third kappa shape index (κ3) is 9.26. The summed E-state index contributed by atoms with van der Waals surface area (Å²) >= 11 is 0. The Morgan fingerprint density at radius 1 is 0.811 bits per heavy atom. The highest BCUT2D eigenvalue weighted by Gasteiger charge is 2.28. The number of nitrogens with zero attached hydrogens (tertiary/aromatic N) is 3. The number of non-ortho nitro benzene ring substituents is 2. The van der Waals surface area contributed by atoms with Gasteiger partial charge in [0, 0.05) is 30.8 Å². The maximum Gasteiger partial charge on any atom is 0.273 e. The average molecular weight is 534 g/mol. The second-order valence-electron chi connectivity index (χ2n) is 7.11. The number of halogens is 3. The number of nitro groups is 2. The number of ether oxygens (including phenoxy) is 1. The standard InChI is InChI=1S/C13H15FN2O4.C7H3F2NO3.4CH4/c1-8-5-15(6-9(2)20-8)13-10(7-17)3-11(16(18)19)4-12(13)14;8-6-2-5(10(12)13)1-4(3-11)7(6)9;;;;/h3-4,7-9H,5-6H2,1-2H3;1-3H;4*1H4/t8-,9+;;;;;. The predicted octanol–water partition coefficient (Wildman–Crippen LogP) is 6.39. The topological polar surface area (TPSA) is 133 Å². The van der Waals surface area contributed by atoms with Crippen LogP contribution in [0.5, 0.6) is 0 Å². The van der Waals surface area contributed by atoms with Crippen LogP contribution in [-0.4, -0.2) is 47.7 Å². The van der Waals surface area contributed by atoms with Crippen molar-refractivity contribution >= 4 is 29.6 Å². The summed E-state index contributed by atoms with van der Waals surface area (Å²) < 4.78 is 44.9. The van der Waals surface area contributed by atoms with Crippen molar-refractivity contribution < 1.29 is 37.3 Å². The average Bonchev–Trinajstić information content (AvgIpc) is 2.74. The number of hydrogen-bond acceptors (Lipinski definition) is 8. The first-order chi connectivity index (χ1) is 15.5. The van der Waals surface area contributed by atoms with E-state index in [2.05, 4.69) is 0 Å². The number of aldehydes is 2. The number of hydrogen-bond donors (Lipinski definition) is 0. The maximum atomic E-state index is 14.2. The van der Waals surface area contributed by atoms with Gasteiger partial charge in [-0.05, 0) is 13.8 Å². The lowest BCUT2D eigenvalue weighted by Gasteiger charge is -2.37. The highest BCUT2D eigenvalue weighted by atomic mass is 19.2. The molecule has 1 saturated heterocycles. The zero-order valence-electron chi connectivity index (χ0n) is 17.4. The molecule has 1 fully saturated rings. The van der Waals surface area contributed by atoms with E-state index in [1.54, 1.807) is 4.90 Å². The van der Waals surface area contributed by atoms with Crippen LogP contribution in [0.3, 0.4) is 0 Å². The van der Waals surface area contributed by atoms with Gasteiger partial charge < -0.3 is 9.64 Å². The van der Waals surface area contributed by atoms with Crippen LogP contribution >= 0.6 is 0 Å². The molecule has 0 spiro atoms. The van der Waals surface area contributed by atoms with Crippen LogP contribution in [0.25, 0.3) is 0 Å². The minimum atomic E-state index is -1.41. The van der Waals surface area contributed by atoms with Crippen LogP contribution in [0.4, 0.5) is 30.2 Å². The SMILES string of the molecule is C.C.C.C.C[C@@H]1CN(c2c(F)cc([N+](=O)[O-])cc2C=O)C[C@H](C)O1.O=Cc1cc([N+](=O)[O-])cc(F)c1F. The number of rotatable bonds is 5. The number of benzene rings is 2. The van der Waals surface area contributed by atoms with E-state index in [-0.39, 0.29) is 59.5 Å². The molecule has 2 aromatic rings. The van der Waals surface area contributed by atoms with E-state index in [4.69, 9.17) is 4.74 Å². The molecule has 13 heteroatoms. The summed E-state index contributed by atoms with van der Waals surface area (Å²) in [5.41, 5.74) is -1.65. The Morgan fingerprint density at radius 3 is 1.62 bits per heavy atom. The minimum absolute atomic E-state index is 0. The van der Waals surface area contributed by atoms with Crippen molar-refractivity contribution in [3.8, 4) is 0 Å². The summed E-state index contributed by atoms with van der Waals surface area (Å²) in [5.74, 6) is -3.54. The first-order valence-corrected chi connectivity index (χ1v) is 9.40. The molecule has 0 radical (unpaired) electrons. The zero-order chi connectivity index (χ0) is 24.9. The predicted molar refractivity (Wildman–Crippen MR) is 136 cm³/mol. The molecule has 0 aromatic heterocycles. The van der Waals surface area contributed by atoms with E-state index in [1.165, 1.54) is 0 Å². The van der Waals surface area contributed by atoms with Gasteiger partial charge in [-0.15, -0.1) is 0 Å². The maximum absolute atomic E-state index is 14.2. The molecule has 0 unspecified atom stereocenters. The van der Waals surface area contributed by atoms with Crippen molar-refractivity contribution in [2.75, 3.05) is 18.0 Å². The molecule has 208 valence electrons. The number of carbonyl (C=O) groups excluding carboxylic acids is 2. The van der Waals surface area contributed by atoms with Gasteiger partial charge >= 0.3 is 0 Å². The molecule has 0 N–H and O–H groups in total. The van der Waals surface area contributed by atoms with Gasteiger partial charge in [-0.2, -0.15) is 0 Å². The Kier molecular flexibility index (Phi) is 16.3. The Morgan fingerprint density at radius 2 is 1.22 bits per heavy atom. The molecule has 0 amide bonds. The molecule has 2 aromatic carbocycles. The fourth-order valence-corrected chi connectivity index (χ4v) is 3.28. The summed E-state index contributed by atoms with van der Waals surface area (Å²) in [7, 11) is 0. The van der Waals surface area contributed by atoms with Crippen LogP contribution in [0.15, 0.2) is 24.3 Å². The Hall–Kier alpha value is -3.87. The van der Waals surface area contributed by atoms with Crippen LogP contribution in [0.2, 0.25) is 0 Å². The van der Waals surface area contributed by atoms with E-state index in [0.29, 0.717) is 31.5 Å². The van der Waals surface area contributed by atoms with Crippen LogP contribution < -0.4 is 4.90 Å². The van der Waals surface area contributed by atoms with Gasteiger partial charge in [0.25, 0.3) is 11.4 Å². The first kappa shape index (κ1) is 37.7. The number of anilines is 1. The second kappa shape index (κ2) is 16.0. The number of nitro benzene ring substituents is 2. The molecule has 2 atom stereocenters. The molecule has 0 aliphatic carbocycles. The van der Waals surface area contributed by atoms with Crippen molar-refractivity contribution in [3.05, 3.63) is 73.1 Å². The molecular weight excluding hydrogens is 499 g/mol. The third-order valence-corrected chi connectivity index (χ3v) is 4.53. The highest BCUT2D eigenvalue weighted by molar-refractivity contribution is 5.86. The van der Waals surface area contributed by atoms with E-state index < -0.39 is 44.2 Å². The molecule has 0 saturated carbocycles.